The molecule has 1 aromatic rings. The highest BCUT2D eigenvalue weighted by Crippen LogP contribution is 2.42. The van der Waals surface area contributed by atoms with Gasteiger partial charge in [-0.1, -0.05) is 29.8 Å². The van der Waals surface area contributed by atoms with Crippen molar-refractivity contribution in [3.63, 3.8) is 0 Å². The van der Waals surface area contributed by atoms with Gasteiger partial charge in [-0.3, -0.25) is 0 Å². The van der Waals surface area contributed by atoms with Crippen LogP contribution in [0.4, 0.5) is 4.79 Å². The van der Waals surface area contributed by atoms with E-state index in [9.17, 15) is 14.7 Å². The Labute approximate surface area is 158 Å². The molecule has 1 saturated heterocycles. The number of halogens is 1. The Bertz CT molecular complexity index is 650. The maximum atomic E-state index is 12.1. The Kier molecular flexibility index (Phi) is 6.53. The van der Waals surface area contributed by atoms with E-state index in [1.165, 1.54) is 0 Å². The van der Waals surface area contributed by atoms with Crippen molar-refractivity contribution < 1.29 is 24.2 Å². The Morgan fingerprint density at radius 2 is 1.92 bits per heavy atom. The predicted octanol–water partition coefficient (Wildman–Crippen LogP) is 3.76. The molecule has 1 fully saturated rings. The number of amides is 1. The largest absolute Gasteiger partial charge is 0.480 e. The molecule has 1 aromatic carbocycles. The minimum Gasteiger partial charge on any atom is -0.480 e. The molecule has 144 valence electrons. The molecule has 6 nitrogen and oxygen atoms in total. The minimum atomic E-state index is -1.10. The number of alkyl carbamates (subject to hydrolysis) is 1. The van der Waals surface area contributed by atoms with Crippen LogP contribution in [-0.2, 0) is 19.7 Å². The maximum absolute atomic E-state index is 12.1. The summed E-state index contributed by atoms with van der Waals surface area (Å²) in [7, 11) is 0. The fourth-order valence-electron chi connectivity index (χ4n) is 3.28. The number of hydrogen-bond donors (Lipinski definition) is 2. The zero-order chi connectivity index (χ0) is 19.4. The quantitative estimate of drug-likeness (QED) is 0.808. The van der Waals surface area contributed by atoms with E-state index in [1.54, 1.807) is 26.8 Å². The van der Waals surface area contributed by atoms with Crippen LogP contribution in [-0.4, -0.2) is 42.0 Å². The normalized spacial score (nSPS) is 18.0. The molecule has 1 amide bonds. The van der Waals surface area contributed by atoms with Crippen molar-refractivity contribution in [2.24, 2.45) is 0 Å². The van der Waals surface area contributed by atoms with Gasteiger partial charge in [-0.25, -0.2) is 9.59 Å². The van der Waals surface area contributed by atoms with Crippen molar-refractivity contribution in [1.82, 2.24) is 5.32 Å². The number of hydrogen-bond acceptors (Lipinski definition) is 4. The lowest BCUT2D eigenvalue weighted by atomic mass is 9.70. The molecule has 1 atom stereocenters. The second-order valence-corrected chi connectivity index (χ2v) is 8.02. The molecule has 1 unspecified atom stereocenters. The molecular formula is C19H26ClNO5. The summed E-state index contributed by atoms with van der Waals surface area (Å²) in [5, 5.41) is 12.7. The van der Waals surface area contributed by atoms with Gasteiger partial charge in [-0.2, -0.15) is 0 Å². The monoisotopic (exact) mass is 383 g/mol. The fraction of sp³-hybridized carbons (Fsp3) is 0.579. The lowest BCUT2D eigenvalue weighted by Crippen LogP contribution is -2.48. The molecule has 2 rings (SSSR count). The summed E-state index contributed by atoms with van der Waals surface area (Å²) < 4.78 is 10.7. The van der Waals surface area contributed by atoms with Crippen molar-refractivity contribution in [1.29, 1.82) is 0 Å². The highest BCUT2D eigenvalue weighted by molar-refractivity contribution is 6.31. The lowest BCUT2D eigenvalue weighted by Gasteiger charge is -2.40. The lowest BCUT2D eigenvalue weighted by molar-refractivity contribution is -0.140. The molecule has 0 radical (unpaired) electrons. The van der Waals surface area contributed by atoms with Crippen LogP contribution in [0.5, 0.6) is 0 Å². The highest BCUT2D eigenvalue weighted by atomic mass is 35.5. The van der Waals surface area contributed by atoms with Gasteiger partial charge in [0.25, 0.3) is 0 Å². The topological polar surface area (TPSA) is 84.9 Å². The van der Waals surface area contributed by atoms with Crippen LogP contribution in [0.2, 0.25) is 5.02 Å². The van der Waals surface area contributed by atoms with Crippen LogP contribution in [0.1, 0.15) is 45.6 Å². The van der Waals surface area contributed by atoms with Gasteiger partial charge in [0.1, 0.15) is 11.6 Å². The number of nitrogens with one attached hydrogen (secondary N) is 1. The van der Waals surface area contributed by atoms with Gasteiger partial charge in [-0.15, -0.1) is 0 Å². The van der Waals surface area contributed by atoms with Crippen LogP contribution < -0.4 is 5.32 Å². The first-order chi connectivity index (χ1) is 12.1. The van der Waals surface area contributed by atoms with Crippen molar-refractivity contribution in [3.05, 3.63) is 34.9 Å². The molecule has 1 aliphatic rings. The Morgan fingerprint density at radius 3 is 2.46 bits per heavy atom. The molecule has 0 aliphatic carbocycles. The van der Waals surface area contributed by atoms with Crippen LogP contribution in [0.3, 0.4) is 0 Å². The predicted molar refractivity (Wildman–Crippen MR) is 98.6 cm³/mol. The molecule has 0 spiro atoms. The van der Waals surface area contributed by atoms with Gasteiger partial charge in [-0.05, 0) is 51.7 Å². The first-order valence-corrected chi connectivity index (χ1v) is 9.06. The van der Waals surface area contributed by atoms with Gasteiger partial charge in [0.2, 0.25) is 0 Å². The van der Waals surface area contributed by atoms with Gasteiger partial charge in [0.05, 0.1) is 0 Å². The van der Waals surface area contributed by atoms with Crippen molar-refractivity contribution in [2.75, 3.05) is 13.2 Å². The number of carboxylic acid groups (broad SMARTS) is 1. The Balaban J connectivity index is 2.26. The summed E-state index contributed by atoms with van der Waals surface area (Å²) in [6.07, 6.45) is 0.744. The number of carboxylic acids is 1. The number of carbonyl (C=O) groups is 2. The van der Waals surface area contributed by atoms with Crippen LogP contribution in [0, 0.1) is 0 Å². The highest BCUT2D eigenvalue weighted by Gasteiger charge is 2.40. The Hall–Kier alpha value is -1.79. The fourth-order valence-corrected chi connectivity index (χ4v) is 3.61. The molecule has 2 N–H and O–H groups in total. The van der Waals surface area contributed by atoms with Crippen molar-refractivity contribution in [3.8, 4) is 0 Å². The summed E-state index contributed by atoms with van der Waals surface area (Å²) >= 11 is 6.40. The number of ether oxygens (including phenoxy) is 2. The summed E-state index contributed by atoms with van der Waals surface area (Å²) in [6.45, 7) is 6.22. The first kappa shape index (κ1) is 20.5. The summed E-state index contributed by atoms with van der Waals surface area (Å²) in [5.41, 5.74) is -0.289. The molecule has 7 heteroatoms. The number of benzene rings is 1. The first-order valence-electron chi connectivity index (χ1n) is 8.68. The van der Waals surface area contributed by atoms with E-state index in [4.69, 9.17) is 21.1 Å². The van der Waals surface area contributed by atoms with E-state index in [0.717, 1.165) is 5.56 Å². The van der Waals surface area contributed by atoms with Gasteiger partial charge in [0, 0.05) is 23.7 Å². The maximum Gasteiger partial charge on any atom is 0.408 e. The van der Waals surface area contributed by atoms with E-state index in [-0.39, 0.29) is 6.42 Å². The molecule has 0 bridgehead atoms. The van der Waals surface area contributed by atoms with Crippen LogP contribution in [0.15, 0.2) is 24.3 Å². The molecule has 1 aliphatic heterocycles. The zero-order valence-electron chi connectivity index (χ0n) is 15.4. The van der Waals surface area contributed by atoms with Crippen LogP contribution in [0.25, 0.3) is 0 Å². The molecule has 1 heterocycles. The molecule has 0 aromatic heterocycles. The third kappa shape index (κ3) is 5.35. The van der Waals surface area contributed by atoms with Crippen LogP contribution >= 0.6 is 11.6 Å². The smallest absolute Gasteiger partial charge is 0.408 e. The number of carbonyl (C=O) groups excluding carboxylic acids is 1. The van der Waals surface area contributed by atoms with Gasteiger partial charge < -0.3 is 19.9 Å². The average molecular weight is 384 g/mol. The third-order valence-electron chi connectivity index (χ3n) is 4.48. The SMILES string of the molecule is CC(C)(C)OC(=O)NC(CC1(c2ccccc2Cl)CCOCC1)C(=O)O. The summed E-state index contributed by atoms with van der Waals surface area (Å²) in [5.74, 6) is -1.10. The van der Waals surface area contributed by atoms with Crippen molar-refractivity contribution in [2.45, 2.75) is 57.1 Å². The summed E-state index contributed by atoms with van der Waals surface area (Å²) in [4.78, 5) is 23.9. The average Bonchev–Trinajstić information content (AvgIpc) is 2.53. The van der Waals surface area contributed by atoms with E-state index >= 15 is 0 Å². The summed E-state index contributed by atoms with van der Waals surface area (Å²) in [6, 6.07) is 6.35. The van der Waals surface area contributed by atoms with Crippen molar-refractivity contribution >= 4 is 23.7 Å². The zero-order valence-corrected chi connectivity index (χ0v) is 16.1. The minimum absolute atomic E-state index is 0.217. The second-order valence-electron chi connectivity index (χ2n) is 7.61. The van der Waals surface area contributed by atoms with E-state index in [0.29, 0.717) is 31.1 Å². The Morgan fingerprint density at radius 1 is 1.31 bits per heavy atom. The molecule has 0 saturated carbocycles. The second kappa shape index (κ2) is 8.27. The van der Waals surface area contributed by atoms with E-state index in [1.807, 2.05) is 18.2 Å². The number of rotatable bonds is 5. The van der Waals surface area contributed by atoms with E-state index in [2.05, 4.69) is 5.32 Å². The molecule has 26 heavy (non-hydrogen) atoms. The molecular weight excluding hydrogens is 358 g/mol. The number of aliphatic carboxylic acids is 1. The van der Waals surface area contributed by atoms with Gasteiger partial charge >= 0.3 is 12.1 Å². The standard InChI is InChI=1S/C19H26ClNO5/c1-18(2,3)26-17(24)21-15(16(22)23)12-19(8-10-25-11-9-19)13-6-4-5-7-14(13)20/h4-7,15H,8-12H2,1-3H3,(H,21,24)(H,22,23). The third-order valence-corrected chi connectivity index (χ3v) is 4.81. The van der Waals surface area contributed by atoms with Gasteiger partial charge in [0.15, 0.2) is 0 Å². The van der Waals surface area contributed by atoms with E-state index < -0.39 is 29.1 Å².